The molecule has 0 fully saturated rings. The van der Waals surface area contributed by atoms with Gasteiger partial charge < -0.3 is 5.32 Å². The summed E-state index contributed by atoms with van der Waals surface area (Å²) in [6, 6.07) is 2.93. The average Bonchev–Trinajstić information content (AvgIpc) is 2.96. The van der Waals surface area contributed by atoms with Gasteiger partial charge in [-0.25, -0.2) is 0 Å². The Balaban J connectivity index is 1.92. The Morgan fingerprint density at radius 2 is 2.00 bits per heavy atom. The first kappa shape index (κ1) is 14.6. The molecule has 20 heavy (non-hydrogen) atoms. The maximum absolute atomic E-state index is 12.5. The van der Waals surface area contributed by atoms with Crippen molar-refractivity contribution < 1.29 is 13.2 Å². The predicted octanol–water partition coefficient (Wildman–Crippen LogP) is 1.95. The van der Waals surface area contributed by atoms with Crippen molar-refractivity contribution in [2.45, 2.75) is 32.7 Å². The van der Waals surface area contributed by atoms with Crippen molar-refractivity contribution in [3.05, 3.63) is 35.4 Å². The summed E-state index contributed by atoms with van der Waals surface area (Å²) in [5, 5.41) is 10.8. The van der Waals surface area contributed by atoms with Gasteiger partial charge >= 0.3 is 6.18 Å². The summed E-state index contributed by atoms with van der Waals surface area (Å²) in [5.41, 5.74) is 0.462. The van der Waals surface area contributed by atoms with Gasteiger partial charge in [0.05, 0.1) is 11.4 Å². The van der Waals surface area contributed by atoms with E-state index in [1.807, 2.05) is 19.2 Å². The van der Waals surface area contributed by atoms with Gasteiger partial charge in [0.1, 0.15) is 0 Å². The molecule has 1 N–H and O–H groups in total. The number of nitrogens with one attached hydrogen (secondary N) is 1. The second kappa shape index (κ2) is 5.66. The number of alkyl halides is 3. The van der Waals surface area contributed by atoms with Gasteiger partial charge in [-0.05, 0) is 19.1 Å². The minimum Gasteiger partial charge on any atom is -0.305 e. The molecule has 5 nitrogen and oxygen atoms in total. The van der Waals surface area contributed by atoms with Gasteiger partial charge in [-0.2, -0.15) is 23.4 Å². The van der Waals surface area contributed by atoms with Crippen LogP contribution >= 0.6 is 0 Å². The number of hydrogen-bond donors (Lipinski definition) is 1. The van der Waals surface area contributed by atoms with Crippen molar-refractivity contribution in [2.24, 2.45) is 7.05 Å². The van der Waals surface area contributed by atoms with E-state index in [0.717, 1.165) is 18.3 Å². The lowest BCUT2D eigenvalue weighted by Crippen LogP contribution is -2.15. The molecule has 0 aromatic carbocycles. The summed E-state index contributed by atoms with van der Waals surface area (Å²) in [7, 11) is 1.50. The third kappa shape index (κ3) is 3.38. The van der Waals surface area contributed by atoms with E-state index in [1.165, 1.54) is 11.7 Å². The van der Waals surface area contributed by atoms with E-state index in [1.54, 1.807) is 4.68 Å². The zero-order chi connectivity index (χ0) is 14.8. The van der Waals surface area contributed by atoms with Crippen LogP contribution in [0.15, 0.2) is 18.3 Å². The number of nitrogens with zero attached hydrogens (tertiary/aromatic N) is 4. The summed E-state index contributed by atoms with van der Waals surface area (Å²) >= 11 is 0. The lowest BCUT2D eigenvalue weighted by atomic mass is 10.3. The molecule has 0 bridgehead atoms. The molecular weight excluding hydrogens is 271 g/mol. The zero-order valence-corrected chi connectivity index (χ0v) is 11.3. The summed E-state index contributed by atoms with van der Waals surface area (Å²) in [4.78, 5) is 0. The smallest absolute Gasteiger partial charge is 0.305 e. The number of rotatable bonds is 5. The van der Waals surface area contributed by atoms with Gasteiger partial charge in [-0.1, -0.05) is 0 Å². The highest BCUT2D eigenvalue weighted by Gasteiger charge is 2.34. The topological polar surface area (TPSA) is 47.7 Å². The molecule has 0 aliphatic carbocycles. The number of aromatic nitrogens is 4. The third-order valence-electron chi connectivity index (χ3n) is 2.90. The molecule has 0 saturated carbocycles. The maximum Gasteiger partial charge on any atom is 0.435 e. The summed E-state index contributed by atoms with van der Waals surface area (Å²) < 4.78 is 40.5. The van der Waals surface area contributed by atoms with Crippen LogP contribution in [0.2, 0.25) is 0 Å². The Morgan fingerprint density at radius 1 is 1.25 bits per heavy atom. The van der Waals surface area contributed by atoms with Crippen molar-refractivity contribution in [3.63, 3.8) is 0 Å². The average molecular weight is 287 g/mol. The molecule has 0 unspecified atom stereocenters. The zero-order valence-electron chi connectivity index (χ0n) is 11.3. The molecule has 2 heterocycles. The minimum atomic E-state index is -4.41. The molecule has 0 saturated heterocycles. The first-order valence-electron chi connectivity index (χ1n) is 6.23. The monoisotopic (exact) mass is 287 g/mol. The molecule has 0 atom stereocenters. The summed E-state index contributed by atoms with van der Waals surface area (Å²) in [6.45, 7) is 3.58. The Bertz CT molecular complexity index is 570. The first-order chi connectivity index (χ1) is 9.40. The molecular formula is C12H16F3N5. The Hall–Kier alpha value is -1.83. The number of hydrogen-bond acceptors (Lipinski definition) is 3. The fourth-order valence-electron chi connectivity index (χ4n) is 1.80. The van der Waals surface area contributed by atoms with E-state index < -0.39 is 11.9 Å². The van der Waals surface area contributed by atoms with Crippen LogP contribution in [0.1, 0.15) is 24.0 Å². The van der Waals surface area contributed by atoms with E-state index in [2.05, 4.69) is 15.5 Å². The molecule has 0 radical (unpaired) electrons. The van der Waals surface area contributed by atoms with Crippen molar-refractivity contribution in [1.82, 2.24) is 24.9 Å². The van der Waals surface area contributed by atoms with Crippen LogP contribution in [0, 0.1) is 0 Å². The van der Waals surface area contributed by atoms with Gasteiger partial charge in [-0.15, -0.1) is 0 Å². The fourth-order valence-corrected chi connectivity index (χ4v) is 1.80. The molecule has 2 aromatic heterocycles. The molecule has 110 valence electrons. The highest BCUT2D eigenvalue weighted by Crippen LogP contribution is 2.28. The van der Waals surface area contributed by atoms with Crippen LogP contribution in [0.25, 0.3) is 0 Å². The quantitative estimate of drug-likeness (QED) is 0.914. The normalized spacial score (nSPS) is 12.1. The Kier molecular flexibility index (Phi) is 4.12. The van der Waals surface area contributed by atoms with E-state index in [-0.39, 0.29) is 0 Å². The van der Waals surface area contributed by atoms with Crippen molar-refractivity contribution in [1.29, 1.82) is 0 Å². The van der Waals surface area contributed by atoms with Gasteiger partial charge in [0.25, 0.3) is 0 Å². The fraction of sp³-hybridized carbons (Fsp3) is 0.500. The Labute approximate surface area is 114 Å². The van der Waals surface area contributed by atoms with Crippen LogP contribution in [-0.2, 0) is 32.9 Å². The SMILES string of the molecule is CCn1ccc(CNCc2cc(C(F)(F)F)nn2C)n1. The van der Waals surface area contributed by atoms with Crippen molar-refractivity contribution in [2.75, 3.05) is 0 Å². The molecule has 0 spiro atoms. The van der Waals surface area contributed by atoms with Crippen LogP contribution in [0.3, 0.4) is 0 Å². The van der Waals surface area contributed by atoms with E-state index >= 15 is 0 Å². The van der Waals surface area contributed by atoms with Gasteiger partial charge in [0, 0.05) is 32.9 Å². The van der Waals surface area contributed by atoms with Gasteiger partial charge in [0.15, 0.2) is 5.69 Å². The van der Waals surface area contributed by atoms with Crippen LogP contribution < -0.4 is 5.32 Å². The van der Waals surface area contributed by atoms with Crippen molar-refractivity contribution in [3.8, 4) is 0 Å². The van der Waals surface area contributed by atoms with E-state index in [0.29, 0.717) is 18.8 Å². The second-order valence-electron chi connectivity index (χ2n) is 4.41. The molecule has 0 aliphatic heterocycles. The van der Waals surface area contributed by atoms with Crippen LogP contribution in [0.5, 0.6) is 0 Å². The number of aryl methyl sites for hydroxylation is 2. The summed E-state index contributed by atoms with van der Waals surface area (Å²) in [5.74, 6) is 0. The molecule has 2 aromatic rings. The molecule has 0 amide bonds. The predicted molar refractivity (Wildman–Crippen MR) is 66.7 cm³/mol. The molecule has 8 heteroatoms. The van der Waals surface area contributed by atoms with E-state index in [4.69, 9.17) is 0 Å². The standard InChI is InChI=1S/C12H16F3N5/c1-3-20-5-4-9(17-20)7-16-8-10-6-11(12(13,14)15)18-19(10)2/h4-6,16H,3,7-8H2,1-2H3. The lowest BCUT2D eigenvalue weighted by molar-refractivity contribution is -0.141. The highest BCUT2D eigenvalue weighted by atomic mass is 19.4. The molecule has 0 aliphatic rings. The van der Waals surface area contributed by atoms with Crippen molar-refractivity contribution >= 4 is 0 Å². The first-order valence-corrected chi connectivity index (χ1v) is 6.23. The molecule has 2 rings (SSSR count). The largest absolute Gasteiger partial charge is 0.435 e. The van der Waals surface area contributed by atoms with Gasteiger partial charge in [0.2, 0.25) is 0 Å². The minimum absolute atomic E-state index is 0.304. The lowest BCUT2D eigenvalue weighted by Gasteiger charge is -2.03. The summed E-state index contributed by atoms with van der Waals surface area (Å²) in [6.07, 6.45) is -2.54. The maximum atomic E-state index is 12.5. The van der Waals surface area contributed by atoms with E-state index in [9.17, 15) is 13.2 Å². The number of halogens is 3. The van der Waals surface area contributed by atoms with Gasteiger partial charge in [-0.3, -0.25) is 9.36 Å². The third-order valence-corrected chi connectivity index (χ3v) is 2.90. The Morgan fingerprint density at radius 3 is 2.55 bits per heavy atom. The second-order valence-corrected chi connectivity index (χ2v) is 4.41. The van der Waals surface area contributed by atoms with Crippen LogP contribution in [0.4, 0.5) is 13.2 Å². The highest BCUT2D eigenvalue weighted by molar-refractivity contribution is 5.13. The van der Waals surface area contributed by atoms with Crippen LogP contribution in [-0.4, -0.2) is 19.6 Å².